The third kappa shape index (κ3) is 28100. The van der Waals surface area contributed by atoms with Crippen molar-refractivity contribution in [2.45, 2.75) is 103 Å². The molecule has 24 heavy (non-hydrogen) atoms. The first-order chi connectivity index (χ1) is 11.7. The zero-order chi connectivity index (χ0) is 22.8. The average molecular weight is 369 g/mol. The van der Waals surface area contributed by atoms with Gasteiger partial charge in [0, 0.05) is 0 Å². The van der Waals surface area contributed by atoms with Crippen LogP contribution in [0.2, 0.25) is 0 Å². The Hall–Kier alpha value is -0.430. The van der Waals surface area contributed by atoms with Gasteiger partial charge in [-0.15, -0.1) is 26.3 Å². The van der Waals surface area contributed by atoms with Crippen molar-refractivity contribution in [2.75, 3.05) is 12.5 Å². The molecule has 0 bridgehead atoms. The fraction of sp³-hybridized carbons (Fsp3) is 0.739. The highest BCUT2D eigenvalue weighted by atomic mass is 32.2. The lowest BCUT2D eigenvalue weighted by Gasteiger charge is -1.57. The van der Waals surface area contributed by atoms with Gasteiger partial charge >= 0.3 is 0 Å². The van der Waals surface area contributed by atoms with E-state index in [1.165, 1.54) is 0 Å². The second-order valence-corrected chi connectivity index (χ2v) is 2.33. The van der Waals surface area contributed by atoms with E-state index in [0.717, 1.165) is 6.42 Å². The maximum absolute atomic E-state index is 3.48. The smallest absolute Gasteiger partial charge is 0.0187 e. The zero-order valence-corrected chi connectivity index (χ0v) is 21.9. The Morgan fingerprint density at radius 3 is 0.667 bits per heavy atom. The quantitative estimate of drug-likeness (QED) is 0.414. The summed E-state index contributed by atoms with van der Waals surface area (Å²) in [6.45, 7) is 40.8. The molecule has 0 unspecified atom stereocenters. The summed E-state index contributed by atoms with van der Waals surface area (Å²) in [6.07, 6.45) is 8.79. The van der Waals surface area contributed by atoms with Crippen molar-refractivity contribution < 1.29 is 0 Å². The summed E-state index contributed by atoms with van der Waals surface area (Å²) in [6, 6.07) is 0. The van der Waals surface area contributed by atoms with Crippen LogP contribution in [0.1, 0.15) is 103 Å². The maximum atomic E-state index is 3.48. The Balaban J connectivity index is -0.0000000115. The second-order valence-electron chi connectivity index (χ2n) is 1.51. The summed E-state index contributed by atoms with van der Waals surface area (Å²) in [7, 11) is 0. The number of hydrogen-bond donors (Lipinski definition) is 0. The number of hydrogen-bond acceptors (Lipinski definition) is 1. The molecular formula is C23H60S. The highest BCUT2D eigenvalue weighted by Crippen LogP contribution is 1.70. The van der Waals surface area contributed by atoms with E-state index >= 15 is 0 Å². The van der Waals surface area contributed by atoms with Gasteiger partial charge in [0.1, 0.15) is 0 Å². The lowest BCUT2D eigenvalue weighted by molar-refractivity contribution is 1.23. The third-order valence-electron chi connectivity index (χ3n) is 0.289. The van der Waals surface area contributed by atoms with E-state index in [1.807, 2.05) is 109 Å². The van der Waals surface area contributed by atoms with Gasteiger partial charge in [-0.05, 0) is 25.9 Å². The van der Waals surface area contributed by atoms with Crippen LogP contribution in [-0.2, 0) is 0 Å². The largest absolute Gasteiger partial charge is 0.169 e. The molecule has 0 heterocycles. The summed E-state index contributed by atoms with van der Waals surface area (Å²) in [5, 5.41) is 0. The summed E-state index contributed by atoms with van der Waals surface area (Å²) < 4.78 is 0. The van der Waals surface area contributed by atoms with Gasteiger partial charge in [0.25, 0.3) is 0 Å². The molecule has 0 N–H and O–H groups in total. The van der Waals surface area contributed by atoms with E-state index in [9.17, 15) is 0 Å². The van der Waals surface area contributed by atoms with Crippen molar-refractivity contribution in [3.63, 3.8) is 0 Å². The van der Waals surface area contributed by atoms with Gasteiger partial charge < -0.3 is 0 Å². The molecule has 158 valence electrons. The zero-order valence-electron chi connectivity index (χ0n) is 21.1. The Morgan fingerprint density at radius 1 is 0.625 bits per heavy atom. The molecule has 0 atom stereocenters. The lowest BCUT2D eigenvalue weighted by Crippen LogP contribution is -1.36. The molecule has 0 fully saturated rings. The van der Waals surface area contributed by atoms with E-state index in [2.05, 4.69) is 33.2 Å². The molecule has 0 radical (unpaired) electrons. The van der Waals surface area contributed by atoms with Gasteiger partial charge in [0.05, 0.1) is 0 Å². The van der Waals surface area contributed by atoms with Crippen molar-refractivity contribution in [1.29, 1.82) is 0 Å². The van der Waals surface area contributed by atoms with Gasteiger partial charge in [-0.1, -0.05) is 102 Å². The van der Waals surface area contributed by atoms with Crippen LogP contribution in [0.25, 0.3) is 0 Å². The minimum atomic E-state index is 1.08. The standard InChI is InChI=1S/C4H8.C3H6.C2H6S.6C2H6.C2H4/c1-3-4-2;2*1-3-2;7*1-2/h3H,1,4H2,2H3;3H,1H2,2H3;1-2H3;6*1-2H3;1-2H2. The van der Waals surface area contributed by atoms with Crippen LogP contribution in [0.15, 0.2) is 38.5 Å². The van der Waals surface area contributed by atoms with Crippen LogP contribution in [0.5, 0.6) is 0 Å². The molecule has 0 spiro atoms. The van der Waals surface area contributed by atoms with Gasteiger partial charge in [0.15, 0.2) is 0 Å². The first-order valence-corrected chi connectivity index (χ1v) is 11.5. The number of thioether (sulfide) groups is 1. The molecule has 0 aromatic rings. The minimum Gasteiger partial charge on any atom is -0.169 e. The van der Waals surface area contributed by atoms with Crippen LogP contribution in [0.4, 0.5) is 0 Å². The molecule has 1 heteroatoms. The SMILES string of the molecule is C=C.C=CC.C=CCC.CC.CC.CC.CC.CC.CC.CSC. The summed E-state index contributed by atoms with van der Waals surface area (Å²) in [5.41, 5.74) is 0. The average Bonchev–Trinajstić information content (AvgIpc) is 2.73. The van der Waals surface area contributed by atoms with Crippen LogP contribution in [0.3, 0.4) is 0 Å². The first-order valence-electron chi connectivity index (χ1n) is 9.83. The fourth-order valence-corrected chi connectivity index (χ4v) is 0. The molecular weight excluding hydrogens is 308 g/mol. The summed E-state index contributed by atoms with van der Waals surface area (Å²) in [4.78, 5) is 0. The normalized spacial score (nSPS) is 4.00. The predicted molar refractivity (Wildman–Crippen MR) is 135 cm³/mol. The topological polar surface area (TPSA) is 0 Å². The van der Waals surface area contributed by atoms with Crippen LogP contribution >= 0.6 is 11.8 Å². The molecule has 0 rings (SSSR count). The van der Waals surface area contributed by atoms with Gasteiger partial charge in [-0.2, -0.15) is 11.8 Å². The molecule has 0 saturated carbocycles. The van der Waals surface area contributed by atoms with Crippen LogP contribution in [0, 0.1) is 0 Å². The van der Waals surface area contributed by atoms with Gasteiger partial charge in [-0.3, -0.25) is 0 Å². The van der Waals surface area contributed by atoms with E-state index < -0.39 is 0 Å². The first kappa shape index (κ1) is 65.2. The van der Waals surface area contributed by atoms with Crippen molar-refractivity contribution in [2.24, 2.45) is 0 Å². The summed E-state index contributed by atoms with van der Waals surface area (Å²) >= 11 is 1.75. The Kier molecular flexibility index (Phi) is 2240. The third-order valence-corrected chi connectivity index (χ3v) is 0.289. The fourth-order valence-electron chi connectivity index (χ4n) is 0. The Bertz CT molecular complexity index is 59.1. The van der Waals surface area contributed by atoms with Gasteiger partial charge in [0.2, 0.25) is 0 Å². The highest BCUT2D eigenvalue weighted by Gasteiger charge is 1.45. The van der Waals surface area contributed by atoms with E-state index in [4.69, 9.17) is 0 Å². The van der Waals surface area contributed by atoms with Gasteiger partial charge in [-0.25, -0.2) is 0 Å². The lowest BCUT2D eigenvalue weighted by atomic mass is 10.5. The number of rotatable bonds is 1. The van der Waals surface area contributed by atoms with Crippen molar-refractivity contribution in [1.82, 2.24) is 0 Å². The van der Waals surface area contributed by atoms with Crippen molar-refractivity contribution in [3.8, 4) is 0 Å². The Morgan fingerprint density at radius 2 is 0.667 bits per heavy atom. The minimum absolute atomic E-state index is 1.08. The molecule has 0 aliphatic rings. The molecule has 0 amide bonds. The maximum Gasteiger partial charge on any atom is -0.0187 e. The van der Waals surface area contributed by atoms with E-state index in [1.54, 1.807) is 17.8 Å². The molecule has 0 saturated heterocycles. The summed E-state index contributed by atoms with van der Waals surface area (Å²) in [5.74, 6) is 0. The van der Waals surface area contributed by atoms with E-state index in [0.29, 0.717) is 0 Å². The van der Waals surface area contributed by atoms with E-state index in [-0.39, 0.29) is 0 Å². The number of allylic oxidation sites excluding steroid dienone is 2. The molecule has 0 aromatic carbocycles. The molecule has 0 nitrogen and oxygen atoms in total. The molecule has 0 aliphatic carbocycles. The van der Waals surface area contributed by atoms with Crippen LogP contribution < -0.4 is 0 Å². The Labute approximate surface area is 166 Å². The predicted octanol–water partition coefficient (Wildman–Crippen LogP) is 10.7. The van der Waals surface area contributed by atoms with Crippen molar-refractivity contribution in [3.05, 3.63) is 38.5 Å². The molecule has 0 aliphatic heterocycles. The van der Waals surface area contributed by atoms with Crippen molar-refractivity contribution >= 4 is 11.8 Å². The monoisotopic (exact) mass is 368 g/mol. The molecule has 0 aromatic heterocycles. The highest BCUT2D eigenvalue weighted by molar-refractivity contribution is 7.97. The second kappa shape index (κ2) is 824. The van der Waals surface area contributed by atoms with Crippen LogP contribution in [-0.4, -0.2) is 12.5 Å².